The molecule has 1 unspecified atom stereocenters. The Balaban J connectivity index is 1.51. The van der Waals surface area contributed by atoms with Gasteiger partial charge in [-0.1, -0.05) is 30.3 Å². The molecule has 0 amide bonds. The molecular weight excluding hydrogens is 374 g/mol. The summed E-state index contributed by atoms with van der Waals surface area (Å²) in [5.74, 6) is 0.742. The van der Waals surface area contributed by atoms with Crippen LogP contribution in [-0.2, 0) is 16.6 Å². The van der Waals surface area contributed by atoms with Crippen LogP contribution in [0, 0.1) is 0 Å². The molecule has 1 saturated heterocycles. The summed E-state index contributed by atoms with van der Waals surface area (Å²) in [5.41, 5.74) is 2.22. The summed E-state index contributed by atoms with van der Waals surface area (Å²) in [7, 11) is -0.249. The Kier molecular flexibility index (Phi) is 6.53. The van der Waals surface area contributed by atoms with E-state index in [1.807, 2.05) is 6.07 Å². The number of nitrogens with one attached hydrogen (secondary N) is 3. The molecule has 0 bridgehead atoms. The topological polar surface area (TPSA) is 85.8 Å². The summed E-state index contributed by atoms with van der Waals surface area (Å²) < 4.78 is 25.9. The smallest absolute Gasteiger partial charge is 0.240 e. The van der Waals surface area contributed by atoms with Crippen molar-refractivity contribution >= 4 is 21.7 Å². The quantitative estimate of drug-likeness (QED) is 0.505. The van der Waals surface area contributed by atoms with Crippen LogP contribution in [0.5, 0.6) is 0 Å². The fourth-order valence-electron chi connectivity index (χ4n) is 3.23. The number of sulfonamides is 1. The van der Waals surface area contributed by atoms with Crippen LogP contribution < -0.4 is 20.3 Å². The summed E-state index contributed by atoms with van der Waals surface area (Å²) in [4.78, 5) is 6.93. The van der Waals surface area contributed by atoms with Gasteiger partial charge in [0.15, 0.2) is 5.96 Å². The van der Waals surface area contributed by atoms with Crippen LogP contribution in [0.15, 0.2) is 64.5 Å². The van der Waals surface area contributed by atoms with Gasteiger partial charge < -0.3 is 15.5 Å². The second-order valence-corrected chi connectivity index (χ2v) is 8.58. The number of nitrogens with zero attached hydrogens (tertiary/aromatic N) is 2. The predicted molar refractivity (Wildman–Crippen MR) is 113 cm³/mol. The van der Waals surface area contributed by atoms with E-state index in [0.29, 0.717) is 12.6 Å². The number of rotatable bonds is 6. The molecule has 0 aliphatic carbocycles. The first kappa shape index (κ1) is 20.2. The van der Waals surface area contributed by atoms with Gasteiger partial charge in [0.05, 0.1) is 4.90 Å². The minimum atomic E-state index is -3.41. The molecule has 3 rings (SSSR count). The number of anilines is 1. The van der Waals surface area contributed by atoms with Crippen molar-refractivity contribution in [2.75, 3.05) is 32.1 Å². The number of aliphatic imine (C=N–C) groups is 1. The van der Waals surface area contributed by atoms with Gasteiger partial charge in [-0.25, -0.2) is 13.1 Å². The molecule has 0 radical (unpaired) electrons. The summed E-state index contributed by atoms with van der Waals surface area (Å²) >= 11 is 0. The highest BCUT2D eigenvalue weighted by Gasteiger charge is 2.23. The molecule has 7 nitrogen and oxygen atoms in total. The van der Waals surface area contributed by atoms with E-state index in [1.54, 1.807) is 31.3 Å². The highest BCUT2D eigenvalue weighted by molar-refractivity contribution is 7.89. The van der Waals surface area contributed by atoms with Gasteiger partial charge in [0.1, 0.15) is 0 Å². The van der Waals surface area contributed by atoms with Crippen molar-refractivity contribution in [2.24, 2.45) is 4.99 Å². The maximum absolute atomic E-state index is 11.8. The van der Waals surface area contributed by atoms with Gasteiger partial charge in [-0.3, -0.25) is 4.99 Å². The number of para-hydroxylation sites is 1. The first-order valence-electron chi connectivity index (χ1n) is 9.31. The van der Waals surface area contributed by atoms with E-state index in [0.717, 1.165) is 31.0 Å². The lowest BCUT2D eigenvalue weighted by Crippen LogP contribution is -2.44. The zero-order chi connectivity index (χ0) is 20.0. The second kappa shape index (κ2) is 9.07. The summed E-state index contributed by atoms with van der Waals surface area (Å²) in [6, 6.07) is 17.6. The van der Waals surface area contributed by atoms with Crippen LogP contribution in [0.2, 0.25) is 0 Å². The Morgan fingerprint density at radius 2 is 1.86 bits per heavy atom. The molecular formula is C20H27N5O2S. The van der Waals surface area contributed by atoms with Crippen molar-refractivity contribution in [3.05, 3.63) is 60.2 Å². The predicted octanol–water partition coefficient (Wildman–Crippen LogP) is 1.54. The molecule has 1 heterocycles. The van der Waals surface area contributed by atoms with E-state index in [1.165, 1.54) is 12.7 Å². The summed E-state index contributed by atoms with van der Waals surface area (Å²) in [6.45, 7) is 2.51. The maximum Gasteiger partial charge on any atom is 0.240 e. The third-order valence-corrected chi connectivity index (χ3v) is 6.27. The lowest BCUT2D eigenvalue weighted by Gasteiger charge is -2.20. The zero-order valence-corrected chi connectivity index (χ0v) is 17.0. The van der Waals surface area contributed by atoms with Crippen LogP contribution in [-0.4, -0.2) is 47.6 Å². The Morgan fingerprint density at radius 1 is 1.14 bits per heavy atom. The molecule has 0 aromatic heterocycles. The van der Waals surface area contributed by atoms with E-state index >= 15 is 0 Å². The van der Waals surface area contributed by atoms with Gasteiger partial charge >= 0.3 is 0 Å². The van der Waals surface area contributed by atoms with E-state index < -0.39 is 10.0 Å². The van der Waals surface area contributed by atoms with Crippen LogP contribution >= 0.6 is 0 Å². The minimum absolute atomic E-state index is 0.258. The number of hydrogen-bond donors (Lipinski definition) is 3. The molecule has 2 aromatic carbocycles. The standard InChI is InChI=1S/C20H27N5O2S/c1-21-20(23-14-16-8-10-19(11-9-16)28(26,27)22-2)24-17-12-13-25(15-17)18-6-4-3-5-7-18/h3-11,17,22H,12-15H2,1-2H3,(H2,21,23,24). The van der Waals surface area contributed by atoms with Crippen molar-refractivity contribution in [1.29, 1.82) is 0 Å². The molecule has 0 spiro atoms. The normalized spacial score (nSPS) is 17.6. The first-order chi connectivity index (χ1) is 13.5. The van der Waals surface area contributed by atoms with Crippen molar-refractivity contribution in [3.8, 4) is 0 Å². The number of hydrogen-bond acceptors (Lipinski definition) is 4. The van der Waals surface area contributed by atoms with Crippen LogP contribution in [0.25, 0.3) is 0 Å². The molecule has 3 N–H and O–H groups in total. The average Bonchev–Trinajstić information content (AvgIpc) is 3.20. The van der Waals surface area contributed by atoms with Crippen molar-refractivity contribution in [3.63, 3.8) is 0 Å². The summed E-state index contributed by atoms with van der Waals surface area (Å²) in [6.07, 6.45) is 1.05. The van der Waals surface area contributed by atoms with Crippen molar-refractivity contribution in [1.82, 2.24) is 15.4 Å². The SMILES string of the molecule is CN=C(NCc1ccc(S(=O)(=O)NC)cc1)NC1CCN(c2ccccc2)C1. The van der Waals surface area contributed by atoms with Gasteiger partial charge in [-0.15, -0.1) is 0 Å². The van der Waals surface area contributed by atoms with E-state index in [9.17, 15) is 8.42 Å². The molecule has 150 valence electrons. The van der Waals surface area contributed by atoms with Gasteiger partial charge in [0.2, 0.25) is 10.0 Å². The number of benzene rings is 2. The third kappa shape index (κ3) is 5.02. The largest absolute Gasteiger partial charge is 0.369 e. The molecule has 8 heteroatoms. The lowest BCUT2D eigenvalue weighted by molar-refractivity contribution is 0.588. The van der Waals surface area contributed by atoms with Crippen LogP contribution in [0.4, 0.5) is 5.69 Å². The molecule has 0 saturated carbocycles. The maximum atomic E-state index is 11.8. The first-order valence-corrected chi connectivity index (χ1v) is 10.8. The Hall–Kier alpha value is -2.58. The zero-order valence-electron chi connectivity index (χ0n) is 16.2. The summed E-state index contributed by atoms with van der Waals surface area (Å²) in [5, 5.41) is 6.77. The Bertz CT molecular complexity index is 898. The molecule has 1 fully saturated rings. The van der Waals surface area contributed by atoms with Crippen molar-refractivity contribution in [2.45, 2.75) is 23.9 Å². The van der Waals surface area contributed by atoms with Crippen LogP contribution in [0.3, 0.4) is 0 Å². The third-order valence-electron chi connectivity index (χ3n) is 4.84. The van der Waals surface area contributed by atoms with Crippen molar-refractivity contribution < 1.29 is 8.42 Å². The van der Waals surface area contributed by atoms with Gasteiger partial charge in [-0.2, -0.15) is 0 Å². The van der Waals surface area contributed by atoms with Gasteiger partial charge in [0.25, 0.3) is 0 Å². The fourth-order valence-corrected chi connectivity index (χ4v) is 3.96. The fraction of sp³-hybridized carbons (Fsp3) is 0.350. The Morgan fingerprint density at radius 3 is 2.50 bits per heavy atom. The van der Waals surface area contributed by atoms with E-state index in [4.69, 9.17) is 0 Å². The van der Waals surface area contributed by atoms with E-state index in [2.05, 4.69) is 49.5 Å². The molecule has 1 aliphatic heterocycles. The van der Waals surface area contributed by atoms with E-state index in [-0.39, 0.29) is 4.90 Å². The molecule has 28 heavy (non-hydrogen) atoms. The lowest BCUT2D eigenvalue weighted by atomic mass is 10.2. The molecule has 1 atom stereocenters. The molecule has 2 aromatic rings. The minimum Gasteiger partial charge on any atom is -0.369 e. The van der Waals surface area contributed by atoms with Gasteiger partial charge in [-0.05, 0) is 43.3 Å². The number of guanidine groups is 1. The van der Waals surface area contributed by atoms with Gasteiger partial charge in [0, 0.05) is 38.4 Å². The Labute approximate surface area is 166 Å². The monoisotopic (exact) mass is 401 g/mol. The second-order valence-electron chi connectivity index (χ2n) is 6.69. The highest BCUT2D eigenvalue weighted by Crippen LogP contribution is 2.19. The highest BCUT2D eigenvalue weighted by atomic mass is 32.2. The van der Waals surface area contributed by atoms with Crippen LogP contribution in [0.1, 0.15) is 12.0 Å². The molecule has 1 aliphatic rings. The average molecular weight is 402 g/mol.